The average molecular weight is 236 g/mol. The molecular formula is C9H7F3O4. The first kappa shape index (κ1) is 12.2. The zero-order valence-electron chi connectivity index (χ0n) is 7.78. The molecule has 0 amide bonds. The first-order valence-electron chi connectivity index (χ1n) is 4.05. The van der Waals surface area contributed by atoms with Gasteiger partial charge in [-0.25, -0.2) is 4.79 Å². The standard InChI is InChI=1S/C9H7F3O4/c10-9(11,12)4-16-8(15)6-3-5(13)1-2-7(6)14/h1-3,13-14H,4H2. The van der Waals surface area contributed by atoms with Crippen LogP contribution in [0, 0.1) is 0 Å². The number of aromatic hydroxyl groups is 2. The van der Waals surface area contributed by atoms with Gasteiger partial charge in [-0.1, -0.05) is 0 Å². The number of carbonyl (C=O) groups is 1. The molecule has 0 unspecified atom stereocenters. The van der Waals surface area contributed by atoms with Gasteiger partial charge in [-0.05, 0) is 18.2 Å². The summed E-state index contributed by atoms with van der Waals surface area (Å²) >= 11 is 0. The van der Waals surface area contributed by atoms with Crippen LogP contribution in [-0.4, -0.2) is 29.0 Å². The first-order chi connectivity index (χ1) is 7.29. The molecule has 1 aromatic carbocycles. The minimum absolute atomic E-state index is 0.364. The SMILES string of the molecule is O=C(OCC(F)(F)F)c1cc(O)ccc1O. The molecule has 0 aliphatic rings. The summed E-state index contributed by atoms with van der Waals surface area (Å²) < 4.78 is 39.1. The third-order valence-corrected chi connectivity index (χ3v) is 1.57. The Morgan fingerprint density at radius 3 is 2.50 bits per heavy atom. The number of carbonyl (C=O) groups excluding carboxylic acids is 1. The predicted molar refractivity (Wildman–Crippen MR) is 46.1 cm³/mol. The average Bonchev–Trinajstić information content (AvgIpc) is 2.17. The van der Waals surface area contributed by atoms with Gasteiger partial charge in [-0.3, -0.25) is 0 Å². The smallest absolute Gasteiger partial charge is 0.422 e. The lowest BCUT2D eigenvalue weighted by Gasteiger charge is -2.08. The summed E-state index contributed by atoms with van der Waals surface area (Å²) in [5, 5.41) is 18.1. The van der Waals surface area contributed by atoms with E-state index in [4.69, 9.17) is 10.2 Å². The van der Waals surface area contributed by atoms with Gasteiger partial charge < -0.3 is 14.9 Å². The molecule has 0 radical (unpaired) electrons. The number of rotatable bonds is 2. The third kappa shape index (κ3) is 3.34. The molecule has 0 atom stereocenters. The molecule has 1 rings (SSSR count). The van der Waals surface area contributed by atoms with E-state index in [9.17, 15) is 18.0 Å². The fourth-order valence-electron chi connectivity index (χ4n) is 0.913. The van der Waals surface area contributed by atoms with Crippen LogP contribution in [0.15, 0.2) is 18.2 Å². The molecule has 0 bridgehead atoms. The van der Waals surface area contributed by atoms with E-state index in [0.717, 1.165) is 18.2 Å². The van der Waals surface area contributed by atoms with Crippen molar-refractivity contribution in [3.8, 4) is 11.5 Å². The molecule has 16 heavy (non-hydrogen) atoms. The van der Waals surface area contributed by atoms with E-state index in [1.54, 1.807) is 0 Å². The highest BCUT2D eigenvalue weighted by Crippen LogP contribution is 2.23. The number of halogens is 3. The lowest BCUT2D eigenvalue weighted by molar-refractivity contribution is -0.161. The van der Waals surface area contributed by atoms with Gasteiger partial charge in [-0.15, -0.1) is 0 Å². The van der Waals surface area contributed by atoms with Gasteiger partial charge in [0.05, 0.1) is 0 Å². The monoisotopic (exact) mass is 236 g/mol. The van der Waals surface area contributed by atoms with Gasteiger partial charge in [0.1, 0.15) is 17.1 Å². The Bertz CT molecular complexity index is 400. The van der Waals surface area contributed by atoms with Gasteiger partial charge in [0.2, 0.25) is 0 Å². The Labute approximate surface area is 87.9 Å². The molecule has 4 nitrogen and oxygen atoms in total. The number of benzene rings is 1. The molecule has 0 aliphatic carbocycles. The summed E-state index contributed by atoms with van der Waals surface area (Å²) in [7, 11) is 0. The van der Waals surface area contributed by atoms with Gasteiger partial charge in [0.25, 0.3) is 0 Å². The number of phenols is 2. The largest absolute Gasteiger partial charge is 0.508 e. The first-order valence-corrected chi connectivity index (χ1v) is 4.05. The number of hydrogen-bond donors (Lipinski definition) is 2. The maximum atomic E-state index is 11.7. The maximum Gasteiger partial charge on any atom is 0.422 e. The third-order valence-electron chi connectivity index (χ3n) is 1.57. The van der Waals surface area contributed by atoms with Crippen molar-refractivity contribution in [2.75, 3.05) is 6.61 Å². The molecule has 88 valence electrons. The second-order valence-corrected chi connectivity index (χ2v) is 2.89. The van der Waals surface area contributed by atoms with E-state index in [1.807, 2.05) is 0 Å². The highest BCUT2D eigenvalue weighted by molar-refractivity contribution is 5.92. The highest BCUT2D eigenvalue weighted by atomic mass is 19.4. The highest BCUT2D eigenvalue weighted by Gasteiger charge is 2.30. The molecule has 1 aromatic rings. The minimum Gasteiger partial charge on any atom is -0.508 e. The Morgan fingerprint density at radius 1 is 1.31 bits per heavy atom. The molecule has 0 aromatic heterocycles. The minimum atomic E-state index is -4.64. The molecule has 0 saturated carbocycles. The van der Waals surface area contributed by atoms with E-state index in [0.29, 0.717) is 0 Å². The van der Waals surface area contributed by atoms with Crippen molar-refractivity contribution in [2.24, 2.45) is 0 Å². The molecule has 0 spiro atoms. The zero-order valence-corrected chi connectivity index (χ0v) is 7.78. The number of ether oxygens (including phenoxy) is 1. The number of esters is 1. The van der Waals surface area contributed by atoms with Gasteiger partial charge in [-0.2, -0.15) is 13.2 Å². The zero-order chi connectivity index (χ0) is 12.3. The van der Waals surface area contributed by atoms with Crippen LogP contribution < -0.4 is 0 Å². The molecule has 2 N–H and O–H groups in total. The lowest BCUT2D eigenvalue weighted by Crippen LogP contribution is -2.20. The van der Waals surface area contributed by atoms with Gasteiger partial charge in [0.15, 0.2) is 6.61 Å². The fourth-order valence-corrected chi connectivity index (χ4v) is 0.913. The second kappa shape index (κ2) is 4.30. The Morgan fingerprint density at radius 2 is 1.94 bits per heavy atom. The van der Waals surface area contributed by atoms with Crippen LogP contribution in [0.3, 0.4) is 0 Å². The van der Waals surface area contributed by atoms with Crippen LogP contribution in [0.5, 0.6) is 11.5 Å². The van der Waals surface area contributed by atoms with Crippen LogP contribution in [0.2, 0.25) is 0 Å². The van der Waals surface area contributed by atoms with Crippen LogP contribution in [0.4, 0.5) is 13.2 Å². The fraction of sp³-hybridized carbons (Fsp3) is 0.222. The number of alkyl halides is 3. The van der Waals surface area contributed by atoms with Crippen molar-refractivity contribution in [2.45, 2.75) is 6.18 Å². The van der Waals surface area contributed by atoms with Crippen LogP contribution in [0.1, 0.15) is 10.4 Å². The van der Waals surface area contributed by atoms with E-state index < -0.39 is 30.1 Å². The Balaban J connectivity index is 2.77. The number of hydrogen-bond acceptors (Lipinski definition) is 4. The van der Waals surface area contributed by atoms with E-state index in [2.05, 4.69) is 4.74 Å². The molecule has 0 heterocycles. The summed E-state index contributed by atoms with van der Waals surface area (Å²) in [5.41, 5.74) is -0.524. The van der Waals surface area contributed by atoms with Crippen LogP contribution in [-0.2, 0) is 4.74 Å². The predicted octanol–water partition coefficient (Wildman–Crippen LogP) is 1.82. The normalized spacial score (nSPS) is 11.2. The van der Waals surface area contributed by atoms with Crippen LogP contribution >= 0.6 is 0 Å². The summed E-state index contributed by atoms with van der Waals surface area (Å²) in [6.45, 7) is -1.75. The van der Waals surface area contributed by atoms with Crippen molar-refractivity contribution < 1.29 is 32.9 Å². The summed E-state index contributed by atoms with van der Waals surface area (Å²) in [6.07, 6.45) is -4.64. The van der Waals surface area contributed by atoms with Gasteiger partial charge >= 0.3 is 12.1 Å². The second-order valence-electron chi connectivity index (χ2n) is 2.89. The van der Waals surface area contributed by atoms with Crippen molar-refractivity contribution >= 4 is 5.97 Å². The van der Waals surface area contributed by atoms with Crippen molar-refractivity contribution in [3.63, 3.8) is 0 Å². The summed E-state index contributed by atoms with van der Waals surface area (Å²) in [5.74, 6) is -2.28. The van der Waals surface area contributed by atoms with Crippen LogP contribution in [0.25, 0.3) is 0 Å². The van der Waals surface area contributed by atoms with Crippen molar-refractivity contribution in [1.82, 2.24) is 0 Å². The van der Waals surface area contributed by atoms with Crippen molar-refractivity contribution in [3.05, 3.63) is 23.8 Å². The Hall–Kier alpha value is -1.92. The molecule has 0 saturated heterocycles. The molecule has 7 heteroatoms. The van der Waals surface area contributed by atoms with E-state index >= 15 is 0 Å². The molecule has 0 fully saturated rings. The molecule has 0 aliphatic heterocycles. The topological polar surface area (TPSA) is 66.8 Å². The van der Waals surface area contributed by atoms with Gasteiger partial charge in [0, 0.05) is 0 Å². The summed E-state index contributed by atoms with van der Waals surface area (Å²) in [4.78, 5) is 11.1. The van der Waals surface area contributed by atoms with E-state index in [1.165, 1.54) is 0 Å². The number of phenolic OH excluding ortho intramolecular Hbond substituents is 2. The lowest BCUT2D eigenvalue weighted by atomic mass is 10.2. The quantitative estimate of drug-likeness (QED) is 0.607. The maximum absolute atomic E-state index is 11.7. The Kier molecular flexibility index (Phi) is 3.26. The summed E-state index contributed by atoms with van der Waals surface area (Å²) in [6, 6.07) is 2.86. The van der Waals surface area contributed by atoms with Crippen molar-refractivity contribution in [1.29, 1.82) is 0 Å². The molecular weight excluding hydrogens is 229 g/mol. The van der Waals surface area contributed by atoms with E-state index in [-0.39, 0.29) is 5.75 Å².